The number of halogens is 2. The zero-order chi connectivity index (χ0) is 29.0. The first kappa shape index (κ1) is 28.4. The van der Waals surface area contributed by atoms with Crippen LogP contribution >= 0.6 is 0 Å². The third-order valence-electron chi connectivity index (χ3n) is 6.69. The van der Waals surface area contributed by atoms with Crippen LogP contribution in [0.5, 0.6) is 11.5 Å². The van der Waals surface area contributed by atoms with Crippen LogP contribution in [0.4, 0.5) is 14.6 Å². The Morgan fingerprint density at radius 2 is 1.95 bits per heavy atom. The maximum absolute atomic E-state index is 15.0. The van der Waals surface area contributed by atoms with Crippen LogP contribution < -0.4 is 20.5 Å². The molecule has 0 unspecified atom stereocenters. The number of amides is 2. The minimum absolute atomic E-state index is 0.0387. The second kappa shape index (κ2) is 12.0. The van der Waals surface area contributed by atoms with Crippen LogP contribution in [0.25, 0.3) is 10.9 Å². The van der Waals surface area contributed by atoms with Gasteiger partial charge in [-0.25, -0.2) is 13.8 Å². The van der Waals surface area contributed by atoms with Crippen LogP contribution in [0.1, 0.15) is 53.8 Å². The highest BCUT2D eigenvalue weighted by atomic mass is 19.1. The molecule has 1 aliphatic heterocycles. The van der Waals surface area contributed by atoms with Gasteiger partial charge in [-0.05, 0) is 24.8 Å². The lowest BCUT2D eigenvalue weighted by Crippen LogP contribution is -2.28. The molecule has 10 nitrogen and oxygen atoms in total. The molecule has 210 valence electrons. The molecule has 0 spiro atoms. The summed E-state index contributed by atoms with van der Waals surface area (Å²) in [5, 5.41) is 7.76. The predicted molar refractivity (Wildman–Crippen MR) is 145 cm³/mol. The number of nitrogens with one attached hydrogen (secondary N) is 1. The number of nitrogens with two attached hydrogens (primary N) is 1. The van der Waals surface area contributed by atoms with Gasteiger partial charge in [0, 0.05) is 31.9 Å². The van der Waals surface area contributed by atoms with Gasteiger partial charge in [0.2, 0.25) is 5.91 Å². The molecule has 0 saturated carbocycles. The number of unbranched alkanes of at least 4 members (excludes halogenated alkanes) is 1. The van der Waals surface area contributed by atoms with E-state index in [9.17, 15) is 18.4 Å². The van der Waals surface area contributed by atoms with Crippen molar-refractivity contribution in [1.29, 1.82) is 0 Å². The van der Waals surface area contributed by atoms with Gasteiger partial charge in [-0.2, -0.15) is 5.10 Å². The van der Waals surface area contributed by atoms with Crippen molar-refractivity contribution in [2.24, 2.45) is 0 Å². The fourth-order valence-corrected chi connectivity index (χ4v) is 4.57. The van der Waals surface area contributed by atoms with Crippen LogP contribution in [0, 0.1) is 23.5 Å². The van der Waals surface area contributed by atoms with E-state index in [1.165, 1.54) is 26.5 Å². The summed E-state index contributed by atoms with van der Waals surface area (Å²) in [4.78, 5) is 31.2. The largest absolute Gasteiger partial charge is 0.493 e. The number of nitrogens with zero attached hydrogens (tertiary/aromatic N) is 4. The summed E-state index contributed by atoms with van der Waals surface area (Å²) in [5.41, 5.74) is 6.32. The lowest BCUT2D eigenvalue weighted by molar-refractivity contribution is -0.125. The Morgan fingerprint density at radius 3 is 2.58 bits per heavy atom. The first-order chi connectivity index (χ1) is 19.2. The molecule has 0 radical (unpaired) electrons. The number of nitrogen functional groups attached to an aromatic ring is 1. The van der Waals surface area contributed by atoms with E-state index in [0.717, 1.165) is 18.9 Å². The number of anilines is 1. The molecule has 40 heavy (non-hydrogen) atoms. The smallest absolute Gasteiger partial charge is 0.255 e. The van der Waals surface area contributed by atoms with E-state index in [0.29, 0.717) is 31.6 Å². The Morgan fingerprint density at radius 1 is 1.25 bits per heavy atom. The number of methoxy groups -OCH3 is 2. The fraction of sp³-hybridized carbons (Fsp3) is 0.357. The van der Waals surface area contributed by atoms with E-state index >= 15 is 0 Å². The van der Waals surface area contributed by atoms with Gasteiger partial charge in [-0.15, -0.1) is 0 Å². The molecule has 1 atom stereocenters. The van der Waals surface area contributed by atoms with Gasteiger partial charge in [0.15, 0.2) is 23.1 Å². The van der Waals surface area contributed by atoms with Gasteiger partial charge in [-0.1, -0.05) is 25.8 Å². The van der Waals surface area contributed by atoms with Crippen molar-refractivity contribution < 1.29 is 27.8 Å². The van der Waals surface area contributed by atoms with Gasteiger partial charge < -0.3 is 25.4 Å². The summed E-state index contributed by atoms with van der Waals surface area (Å²) in [7, 11) is 2.48. The van der Waals surface area contributed by atoms with Crippen LogP contribution in [0.3, 0.4) is 0 Å². The monoisotopic (exact) mass is 552 g/mol. The summed E-state index contributed by atoms with van der Waals surface area (Å²) in [5.74, 6) is 2.14. The molecule has 3 heterocycles. The number of ether oxygens (including phenoxy) is 2. The van der Waals surface area contributed by atoms with Gasteiger partial charge in [-0.3, -0.25) is 14.3 Å². The molecule has 3 aromatic rings. The van der Waals surface area contributed by atoms with Crippen LogP contribution in [-0.4, -0.2) is 65.3 Å². The Kier molecular flexibility index (Phi) is 8.52. The van der Waals surface area contributed by atoms with Crippen molar-refractivity contribution in [3.8, 4) is 23.3 Å². The van der Waals surface area contributed by atoms with E-state index in [2.05, 4.69) is 33.8 Å². The molecule has 1 fully saturated rings. The van der Waals surface area contributed by atoms with E-state index in [-0.39, 0.29) is 51.8 Å². The third-order valence-corrected chi connectivity index (χ3v) is 6.69. The number of rotatable bonds is 8. The summed E-state index contributed by atoms with van der Waals surface area (Å²) in [6, 6.07) is 0.762. The second-order valence-corrected chi connectivity index (χ2v) is 9.15. The lowest BCUT2D eigenvalue weighted by Gasteiger charge is -2.16. The topological polar surface area (TPSA) is 125 Å². The predicted octanol–water partition coefficient (Wildman–Crippen LogP) is 3.20. The van der Waals surface area contributed by atoms with Crippen molar-refractivity contribution in [2.45, 2.75) is 32.2 Å². The van der Waals surface area contributed by atoms with Crippen LogP contribution in [0.2, 0.25) is 0 Å². The SMILES string of the molecule is C=CC(=O)N1CC[C@H](n2nc(C#Cc3c(F)c(OC)cc(OC)c3F)c3c(N)ncc(C(=O)NCCCC)c32)C1. The number of aromatic nitrogens is 3. The van der Waals surface area contributed by atoms with Crippen molar-refractivity contribution in [3.05, 3.63) is 53.4 Å². The third kappa shape index (κ3) is 5.27. The van der Waals surface area contributed by atoms with Crippen LogP contribution in [0.15, 0.2) is 24.9 Å². The Hall–Kier alpha value is -4.66. The van der Waals surface area contributed by atoms with E-state index < -0.39 is 17.2 Å². The van der Waals surface area contributed by atoms with E-state index in [4.69, 9.17) is 15.2 Å². The molecule has 0 bridgehead atoms. The normalized spacial score (nSPS) is 14.5. The number of benzene rings is 1. The summed E-state index contributed by atoms with van der Waals surface area (Å²) >= 11 is 0. The van der Waals surface area contributed by atoms with Crippen molar-refractivity contribution >= 4 is 28.5 Å². The number of likely N-dealkylation sites (tertiary alicyclic amines) is 1. The molecule has 0 aliphatic carbocycles. The number of fused-ring (bicyclic) bond motifs is 1. The Labute approximate surface area is 230 Å². The summed E-state index contributed by atoms with van der Waals surface area (Å²) < 4.78 is 41.6. The zero-order valence-electron chi connectivity index (χ0n) is 22.5. The molecule has 12 heteroatoms. The molecular weight excluding hydrogens is 522 g/mol. The number of carbonyl (C=O) groups is 2. The quantitative estimate of drug-likeness (QED) is 0.250. The highest BCUT2D eigenvalue weighted by Crippen LogP contribution is 2.33. The molecule has 2 aromatic heterocycles. The van der Waals surface area contributed by atoms with Gasteiger partial charge in [0.1, 0.15) is 17.1 Å². The van der Waals surface area contributed by atoms with Gasteiger partial charge in [0.25, 0.3) is 5.91 Å². The fourth-order valence-electron chi connectivity index (χ4n) is 4.57. The van der Waals surface area contributed by atoms with E-state index in [1.807, 2.05) is 6.92 Å². The minimum Gasteiger partial charge on any atom is -0.493 e. The van der Waals surface area contributed by atoms with Crippen molar-refractivity contribution in [3.63, 3.8) is 0 Å². The molecule has 1 aliphatic rings. The molecule has 4 rings (SSSR count). The second-order valence-electron chi connectivity index (χ2n) is 9.15. The standard InChI is InChI=1S/C28H30F2N6O4/c1-5-7-11-32-28(38)18-14-33-27(31)23-19(9-8-17-24(29)20(39-3)13-21(40-4)25(17)30)34-36(26(18)23)16-10-12-35(15-16)22(37)6-2/h6,13-14,16H,2,5,7,10-12,15H2,1,3-4H3,(H2,31,33)(H,32,38)/t16-/m0/s1. The van der Waals surface area contributed by atoms with Crippen molar-refractivity contribution in [2.75, 3.05) is 39.6 Å². The zero-order valence-corrected chi connectivity index (χ0v) is 22.5. The average Bonchev–Trinajstić information content (AvgIpc) is 3.59. The maximum Gasteiger partial charge on any atom is 0.255 e. The first-order valence-electron chi connectivity index (χ1n) is 12.7. The van der Waals surface area contributed by atoms with Crippen molar-refractivity contribution in [1.82, 2.24) is 25.0 Å². The molecular formula is C28H30F2N6O4. The van der Waals surface area contributed by atoms with E-state index in [1.54, 1.807) is 9.58 Å². The van der Waals surface area contributed by atoms with Crippen LogP contribution in [-0.2, 0) is 4.79 Å². The molecule has 1 saturated heterocycles. The molecule has 3 N–H and O–H groups in total. The number of hydrogen-bond donors (Lipinski definition) is 2. The number of hydrogen-bond acceptors (Lipinski definition) is 7. The van der Waals surface area contributed by atoms with Gasteiger partial charge in [0.05, 0.1) is 36.7 Å². The Balaban J connectivity index is 1.90. The average molecular weight is 553 g/mol. The highest BCUT2D eigenvalue weighted by Gasteiger charge is 2.31. The number of pyridine rings is 1. The summed E-state index contributed by atoms with van der Waals surface area (Å²) in [6.07, 6.45) is 4.82. The Bertz CT molecular complexity index is 1510. The lowest BCUT2D eigenvalue weighted by atomic mass is 10.1. The number of carbonyl (C=O) groups excluding carboxylic acids is 2. The maximum atomic E-state index is 15.0. The molecule has 2 amide bonds. The first-order valence-corrected chi connectivity index (χ1v) is 12.7. The highest BCUT2D eigenvalue weighted by molar-refractivity contribution is 6.09. The van der Waals surface area contributed by atoms with Gasteiger partial charge >= 0.3 is 0 Å². The minimum atomic E-state index is -1.01. The molecule has 1 aromatic carbocycles. The summed E-state index contributed by atoms with van der Waals surface area (Å²) in [6.45, 7) is 6.78.